The van der Waals surface area contributed by atoms with E-state index >= 15 is 0 Å². The molecule has 0 rings (SSSR count). The van der Waals surface area contributed by atoms with Crippen LogP contribution in [0, 0.1) is 0 Å². The molecule has 0 saturated heterocycles. The smallest absolute Gasteiger partial charge is 0.339 e. The van der Waals surface area contributed by atoms with Gasteiger partial charge in [-0.2, -0.15) is 0 Å². The fourth-order valence-corrected chi connectivity index (χ4v) is 0.111. The molecule has 0 bridgehead atoms. The zero-order valence-electron chi connectivity index (χ0n) is 5.57. The van der Waals surface area contributed by atoms with Crippen molar-refractivity contribution < 1.29 is 35.9 Å². The Labute approximate surface area is 66.8 Å². The SMILES string of the molecule is O=C(CF)OCO.O=S(=O)([O-])F. The molecule has 0 aromatic rings. The lowest BCUT2D eigenvalue weighted by atomic mass is 10.8. The highest BCUT2D eigenvalue weighted by Crippen LogP contribution is 1.74. The minimum absolute atomic E-state index is 0.747. The molecular weight excluding hydrogens is 202 g/mol. The number of hydrogen-bond acceptors (Lipinski definition) is 6. The first kappa shape index (κ1) is 13.8. The Kier molecular flexibility index (Phi) is 7.90. The van der Waals surface area contributed by atoms with Gasteiger partial charge in [-0.15, -0.1) is 3.89 Å². The highest BCUT2D eigenvalue weighted by Gasteiger charge is 1.95. The quantitative estimate of drug-likeness (QED) is 0.266. The minimum atomic E-state index is -5.42. The van der Waals surface area contributed by atoms with Gasteiger partial charge in [0.15, 0.2) is 13.5 Å². The third-order valence-electron chi connectivity index (χ3n) is 0.335. The van der Waals surface area contributed by atoms with E-state index in [2.05, 4.69) is 4.74 Å². The molecule has 0 radical (unpaired) electrons. The molecule has 74 valence electrons. The molecule has 0 aromatic heterocycles. The minimum Gasteiger partial charge on any atom is -0.722 e. The molecular formula is C3H5F2O6S-. The van der Waals surface area contributed by atoms with Crippen LogP contribution in [0.1, 0.15) is 0 Å². The van der Waals surface area contributed by atoms with Crippen LogP contribution >= 0.6 is 0 Å². The van der Waals surface area contributed by atoms with Crippen LogP contribution in [0.25, 0.3) is 0 Å². The molecule has 9 heteroatoms. The molecule has 0 atom stereocenters. The van der Waals surface area contributed by atoms with Crippen LogP contribution in [0.3, 0.4) is 0 Å². The van der Waals surface area contributed by atoms with Crippen molar-refractivity contribution in [3.8, 4) is 0 Å². The average Bonchev–Trinajstić information content (AvgIpc) is 1.85. The van der Waals surface area contributed by atoms with Gasteiger partial charge in [0, 0.05) is 0 Å². The summed E-state index contributed by atoms with van der Waals surface area (Å²) >= 11 is 0. The summed E-state index contributed by atoms with van der Waals surface area (Å²) in [5.41, 5.74) is 0. The normalized spacial score (nSPS) is 9.67. The Morgan fingerprint density at radius 3 is 2.00 bits per heavy atom. The number of aliphatic hydroxyl groups is 1. The Morgan fingerprint density at radius 1 is 1.58 bits per heavy atom. The first-order valence-corrected chi connectivity index (χ1v) is 3.60. The summed E-state index contributed by atoms with van der Waals surface area (Å²) in [5, 5.41) is 7.76. The number of carbonyl (C=O) groups excluding carboxylic acids is 1. The van der Waals surface area contributed by atoms with Crippen molar-refractivity contribution >= 4 is 16.5 Å². The van der Waals surface area contributed by atoms with Crippen molar-refractivity contribution in [2.75, 3.05) is 13.5 Å². The fourth-order valence-electron chi connectivity index (χ4n) is 0.111. The second kappa shape index (κ2) is 6.88. The molecule has 0 fully saturated rings. The Bertz CT molecular complexity index is 203. The number of aliphatic hydroxyl groups excluding tert-OH is 1. The fraction of sp³-hybridized carbons (Fsp3) is 0.667. The van der Waals surface area contributed by atoms with E-state index in [0.29, 0.717) is 0 Å². The van der Waals surface area contributed by atoms with Crippen molar-refractivity contribution in [2.24, 2.45) is 0 Å². The van der Waals surface area contributed by atoms with Gasteiger partial charge in [-0.3, -0.25) is 0 Å². The summed E-state index contributed by atoms with van der Waals surface area (Å²) in [4.78, 5) is 9.65. The molecule has 0 unspecified atom stereocenters. The van der Waals surface area contributed by atoms with Crippen LogP contribution in [-0.4, -0.2) is 37.5 Å². The molecule has 0 aromatic carbocycles. The van der Waals surface area contributed by atoms with Crippen LogP contribution in [0.2, 0.25) is 0 Å². The highest BCUT2D eigenvalue weighted by atomic mass is 32.3. The number of alkyl halides is 1. The maximum Gasteiger partial charge on any atom is 0.339 e. The molecule has 0 saturated carbocycles. The molecule has 0 aliphatic carbocycles. The summed E-state index contributed by atoms with van der Waals surface area (Å²) in [6.45, 7) is -1.93. The summed E-state index contributed by atoms with van der Waals surface area (Å²) in [7, 11) is -5.42. The van der Waals surface area contributed by atoms with Gasteiger partial charge in [0.05, 0.1) is 0 Å². The van der Waals surface area contributed by atoms with Crippen molar-refractivity contribution in [1.82, 2.24) is 0 Å². The molecule has 12 heavy (non-hydrogen) atoms. The lowest BCUT2D eigenvalue weighted by molar-refractivity contribution is -0.152. The van der Waals surface area contributed by atoms with Crippen LogP contribution < -0.4 is 0 Å². The third-order valence-corrected chi connectivity index (χ3v) is 0.335. The lowest BCUT2D eigenvalue weighted by Gasteiger charge is -1.91. The maximum absolute atomic E-state index is 11.0. The number of hydrogen-bond donors (Lipinski definition) is 1. The van der Waals surface area contributed by atoms with Crippen molar-refractivity contribution in [2.45, 2.75) is 0 Å². The highest BCUT2D eigenvalue weighted by molar-refractivity contribution is 7.80. The zero-order valence-corrected chi connectivity index (χ0v) is 6.38. The van der Waals surface area contributed by atoms with Crippen LogP contribution in [0.15, 0.2) is 0 Å². The Morgan fingerprint density at radius 2 is 1.92 bits per heavy atom. The van der Waals surface area contributed by atoms with E-state index in [9.17, 15) is 13.1 Å². The maximum atomic E-state index is 11.0. The predicted molar refractivity (Wildman–Crippen MR) is 30.0 cm³/mol. The molecule has 1 N–H and O–H groups in total. The molecule has 0 amide bonds. The van der Waals surface area contributed by atoms with Crippen molar-refractivity contribution in [1.29, 1.82) is 0 Å². The Balaban J connectivity index is 0. The van der Waals surface area contributed by atoms with Crippen molar-refractivity contribution in [3.63, 3.8) is 0 Å². The number of esters is 1. The first-order valence-electron chi connectivity index (χ1n) is 2.29. The van der Waals surface area contributed by atoms with Gasteiger partial charge in [0.1, 0.15) is 0 Å². The number of halogens is 2. The van der Waals surface area contributed by atoms with E-state index in [1.807, 2.05) is 0 Å². The first-order chi connectivity index (χ1) is 5.31. The van der Waals surface area contributed by atoms with E-state index in [1.165, 1.54) is 0 Å². The van der Waals surface area contributed by atoms with Crippen LogP contribution in [-0.2, 0) is 20.0 Å². The lowest BCUT2D eigenvalue weighted by Crippen LogP contribution is -2.06. The topological polar surface area (TPSA) is 104 Å². The van der Waals surface area contributed by atoms with Crippen LogP contribution in [0.4, 0.5) is 8.28 Å². The van der Waals surface area contributed by atoms with Crippen LogP contribution in [0.5, 0.6) is 0 Å². The number of rotatable bonds is 2. The molecule has 6 nitrogen and oxygen atoms in total. The monoisotopic (exact) mass is 207 g/mol. The van der Waals surface area contributed by atoms with E-state index in [-0.39, 0.29) is 0 Å². The summed E-state index contributed by atoms with van der Waals surface area (Å²) in [5.74, 6) is -1.04. The predicted octanol–water partition coefficient (Wildman–Crippen LogP) is -1.13. The standard InChI is InChI=1S/C3H5FO3.FHO3S/c4-1-3(6)7-2-5;1-5(2,3)4/h5H,1-2H2;(H,2,3,4)/p-1. The van der Waals surface area contributed by atoms with E-state index in [4.69, 9.17) is 18.1 Å². The van der Waals surface area contributed by atoms with Gasteiger partial charge < -0.3 is 14.4 Å². The number of ether oxygens (including phenoxy) is 1. The zero-order chi connectivity index (χ0) is 10.2. The molecule has 0 aliphatic heterocycles. The van der Waals surface area contributed by atoms with Gasteiger partial charge >= 0.3 is 5.97 Å². The Hall–Kier alpha value is -0.800. The van der Waals surface area contributed by atoms with Gasteiger partial charge in [-0.25, -0.2) is 17.6 Å². The second-order valence-corrected chi connectivity index (χ2v) is 1.96. The summed E-state index contributed by atoms with van der Waals surface area (Å²) < 4.78 is 50.1. The van der Waals surface area contributed by atoms with Gasteiger partial charge in [-0.05, 0) is 0 Å². The molecule has 0 aliphatic rings. The second-order valence-electron chi connectivity index (χ2n) is 1.17. The van der Waals surface area contributed by atoms with E-state index in [0.717, 1.165) is 0 Å². The average molecular weight is 207 g/mol. The van der Waals surface area contributed by atoms with Gasteiger partial charge in [0.25, 0.3) is 10.5 Å². The van der Waals surface area contributed by atoms with E-state index in [1.54, 1.807) is 0 Å². The largest absolute Gasteiger partial charge is 0.722 e. The molecule has 0 spiro atoms. The summed E-state index contributed by atoms with van der Waals surface area (Å²) in [6.07, 6.45) is 0. The number of carbonyl (C=O) groups is 1. The van der Waals surface area contributed by atoms with E-state index < -0.39 is 29.9 Å². The third kappa shape index (κ3) is 35.1. The van der Waals surface area contributed by atoms with Crippen molar-refractivity contribution in [3.05, 3.63) is 0 Å². The van der Waals surface area contributed by atoms with Gasteiger partial charge in [0.2, 0.25) is 0 Å². The molecule has 0 heterocycles. The van der Waals surface area contributed by atoms with Gasteiger partial charge in [-0.1, -0.05) is 0 Å². The summed E-state index contributed by atoms with van der Waals surface area (Å²) in [6, 6.07) is 0.